The van der Waals surface area contributed by atoms with Crippen LogP contribution in [0.25, 0.3) is 0 Å². The van der Waals surface area contributed by atoms with Gasteiger partial charge in [0.2, 0.25) is 0 Å². The van der Waals surface area contributed by atoms with E-state index < -0.39 is 5.54 Å². The summed E-state index contributed by atoms with van der Waals surface area (Å²) < 4.78 is 16.2. The van der Waals surface area contributed by atoms with Gasteiger partial charge in [-0.1, -0.05) is 31.0 Å². The van der Waals surface area contributed by atoms with Crippen molar-refractivity contribution in [2.75, 3.05) is 0 Å². The summed E-state index contributed by atoms with van der Waals surface area (Å²) in [6.45, 7) is 3.23. The Labute approximate surface area is 94.4 Å². The van der Waals surface area contributed by atoms with Crippen molar-refractivity contribution >= 4 is 18.6 Å². The number of halogens is 1. The molecule has 0 aromatic heterocycles. The maximum Gasteiger partial charge on any atom is 0.132 e. The van der Waals surface area contributed by atoms with Gasteiger partial charge < -0.3 is 0 Å². The van der Waals surface area contributed by atoms with Crippen LogP contribution in [0, 0.1) is 5.82 Å². The van der Waals surface area contributed by atoms with E-state index in [9.17, 15) is 9.18 Å². The average Bonchev–Trinajstić information content (AvgIpc) is 2.17. The molecule has 1 atom stereocenters. The number of hydrogen-bond donors (Lipinski definition) is 2. The molecule has 0 fully saturated rings. The lowest BCUT2D eigenvalue weighted by molar-refractivity contribution is -0.118. The van der Waals surface area contributed by atoms with Crippen molar-refractivity contribution in [3.8, 4) is 0 Å². The molecule has 0 aliphatic rings. The van der Waals surface area contributed by atoms with E-state index in [0.717, 1.165) is 0 Å². The summed E-state index contributed by atoms with van der Waals surface area (Å²) in [6.07, 6.45) is 0.206. The highest BCUT2D eigenvalue weighted by atomic mass is 32.1. The van der Waals surface area contributed by atoms with Crippen LogP contribution in [0.5, 0.6) is 0 Å². The molecule has 1 N–H and O–H groups in total. The second-order valence-corrected chi connectivity index (χ2v) is 4.03. The topological polar surface area (TPSA) is 29.1 Å². The van der Waals surface area contributed by atoms with Gasteiger partial charge >= 0.3 is 0 Å². The number of benzene rings is 1. The van der Waals surface area contributed by atoms with Gasteiger partial charge in [0.15, 0.2) is 0 Å². The highest BCUT2D eigenvalue weighted by molar-refractivity contribution is 7.78. The van der Waals surface area contributed by atoms with Gasteiger partial charge in [-0.3, -0.25) is 9.52 Å². The third-order valence-corrected chi connectivity index (χ3v) is 2.81. The number of hydrogen-bond acceptors (Lipinski definition) is 3. The normalized spacial score (nSPS) is 14.7. The molecule has 0 bridgehead atoms. The summed E-state index contributed by atoms with van der Waals surface area (Å²) in [5, 5.41) is 0. The Morgan fingerprint density at radius 2 is 2.13 bits per heavy atom. The predicted molar refractivity (Wildman–Crippen MR) is 61.2 cm³/mol. The first-order valence-electron chi connectivity index (χ1n) is 4.65. The van der Waals surface area contributed by atoms with Crippen LogP contribution < -0.4 is 4.72 Å². The van der Waals surface area contributed by atoms with E-state index in [4.69, 9.17) is 0 Å². The second-order valence-electron chi connectivity index (χ2n) is 3.80. The first-order valence-corrected chi connectivity index (χ1v) is 5.10. The Morgan fingerprint density at radius 3 is 2.60 bits per heavy atom. The fraction of sp³-hybridized carbons (Fsp3) is 0.364. The van der Waals surface area contributed by atoms with Gasteiger partial charge in [-0.25, -0.2) is 4.39 Å². The van der Waals surface area contributed by atoms with E-state index in [2.05, 4.69) is 17.5 Å². The number of Topliss-reactive ketones (excluding diaryl/α,β-unsaturated/α-hetero) is 1. The SMILES string of the molecule is CC(=O)C[C@](C)(NS)c1ccccc1F. The number of carbonyl (C=O) groups is 1. The molecule has 0 amide bonds. The van der Waals surface area contributed by atoms with E-state index in [1.807, 2.05) is 0 Å². The van der Waals surface area contributed by atoms with Gasteiger partial charge in [0, 0.05) is 12.0 Å². The largest absolute Gasteiger partial charge is 0.300 e. The molecule has 0 aliphatic heterocycles. The number of rotatable bonds is 4. The van der Waals surface area contributed by atoms with E-state index in [1.54, 1.807) is 25.1 Å². The third-order valence-electron chi connectivity index (χ3n) is 2.32. The summed E-state index contributed by atoms with van der Waals surface area (Å²) in [4.78, 5) is 11.1. The first kappa shape index (κ1) is 12.2. The maximum atomic E-state index is 13.5. The molecule has 4 heteroatoms. The Hall–Kier alpha value is -0.870. The van der Waals surface area contributed by atoms with E-state index in [0.29, 0.717) is 5.56 Å². The summed E-state index contributed by atoms with van der Waals surface area (Å²) in [5.74, 6) is -0.342. The molecule has 1 rings (SSSR count). The van der Waals surface area contributed by atoms with Crippen molar-refractivity contribution in [2.45, 2.75) is 25.8 Å². The van der Waals surface area contributed by atoms with E-state index >= 15 is 0 Å². The molecule has 0 saturated heterocycles. The molecule has 1 aromatic carbocycles. The van der Waals surface area contributed by atoms with E-state index in [1.165, 1.54) is 13.0 Å². The van der Waals surface area contributed by atoms with Gasteiger partial charge in [-0.15, -0.1) is 0 Å². The molecular weight excluding hydrogens is 213 g/mol. The Kier molecular flexibility index (Phi) is 3.88. The van der Waals surface area contributed by atoms with Crippen LogP contribution in [0.15, 0.2) is 24.3 Å². The Bertz CT molecular complexity index is 369. The lowest BCUT2D eigenvalue weighted by Gasteiger charge is -2.28. The highest BCUT2D eigenvalue weighted by Crippen LogP contribution is 2.27. The van der Waals surface area contributed by atoms with Gasteiger partial charge in [0.05, 0.1) is 5.54 Å². The van der Waals surface area contributed by atoms with Gasteiger partial charge in [0.1, 0.15) is 11.6 Å². The summed E-state index contributed by atoms with van der Waals surface area (Å²) in [7, 11) is 0. The molecular formula is C11H14FNOS. The maximum absolute atomic E-state index is 13.5. The summed E-state index contributed by atoms with van der Waals surface area (Å²) in [5.41, 5.74) is -0.310. The summed E-state index contributed by atoms with van der Waals surface area (Å²) in [6, 6.07) is 6.38. The minimum atomic E-state index is -0.764. The Balaban J connectivity index is 3.11. The molecule has 1 aromatic rings. The molecule has 15 heavy (non-hydrogen) atoms. The van der Waals surface area contributed by atoms with Gasteiger partial charge in [0.25, 0.3) is 0 Å². The predicted octanol–water partition coefficient (Wildman–Crippen LogP) is 2.45. The van der Waals surface area contributed by atoms with Crippen LogP contribution in [-0.2, 0) is 10.3 Å². The minimum Gasteiger partial charge on any atom is -0.300 e. The molecule has 0 spiro atoms. The zero-order valence-corrected chi connectivity index (χ0v) is 9.64. The van der Waals surface area contributed by atoms with E-state index in [-0.39, 0.29) is 18.0 Å². The van der Waals surface area contributed by atoms with Gasteiger partial charge in [-0.05, 0) is 19.9 Å². The quantitative estimate of drug-likeness (QED) is 0.774. The zero-order valence-electron chi connectivity index (χ0n) is 8.75. The number of nitrogens with one attached hydrogen (secondary N) is 1. The van der Waals surface area contributed by atoms with Crippen LogP contribution in [0.3, 0.4) is 0 Å². The average molecular weight is 227 g/mol. The number of carbonyl (C=O) groups excluding carboxylic acids is 1. The second kappa shape index (κ2) is 4.77. The molecule has 0 saturated carbocycles. The lowest BCUT2D eigenvalue weighted by atomic mass is 9.88. The number of ketones is 1. The molecule has 0 unspecified atom stereocenters. The molecule has 0 aliphatic carbocycles. The summed E-state index contributed by atoms with van der Waals surface area (Å²) >= 11 is 3.97. The minimum absolute atomic E-state index is 0.0118. The fourth-order valence-corrected chi connectivity index (χ4v) is 1.80. The van der Waals surface area contributed by atoms with Crippen molar-refractivity contribution in [2.24, 2.45) is 0 Å². The van der Waals surface area contributed by atoms with Crippen molar-refractivity contribution in [1.82, 2.24) is 4.72 Å². The smallest absolute Gasteiger partial charge is 0.132 e. The molecule has 0 heterocycles. The molecule has 0 radical (unpaired) electrons. The Morgan fingerprint density at radius 1 is 1.53 bits per heavy atom. The van der Waals surface area contributed by atoms with Gasteiger partial charge in [-0.2, -0.15) is 0 Å². The van der Waals surface area contributed by atoms with Crippen molar-refractivity contribution in [1.29, 1.82) is 0 Å². The lowest BCUT2D eigenvalue weighted by Crippen LogP contribution is -2.36. The van der Waals surface area contributed by atoms with Crippen LogP contribution >= 0.6 is 12.8 Å². The fourth-order valence-electron chi connectivity index (χ4n) is 1.60. The standard InChI is InChI=1S/C11H14FNOS/c1-8(14)7-11(2,13-15)9-5-3-4-6-10(9)12/h3-6,13,15H,7H2,1-2H3/t11-/m0/s1. The first-order chi connectivity index (χ1) is 6.99. The zero-order chi connectivity index (χ0) is 11.5. The third kappa shape index (κ3) is 2.79. The highest BCUT2D eigenvalue weighted by Gasteiger charge is 2.29. The van der Waals surface area contributed by atoms with Crippen LogP contribution in [-0.4, -0.2) is 5.78 Å². The van der Waals surface area contributed by atoms with Crippen molar-refractivity contribution in [3.05, 3.63) is 35.6 Å². The van der Waals surface area contributed by atoms with Crippen molar-refractivity contribution in [3.63, 3.8) is 0 Å². The van der Waals surface area contributed by atoms with Crippen LogP contribution in [0.2, 0.25) is 0 Å². The van der Waals surface area contributed by atoms with Crippen molar-refractivity contribution < 1.29 is 9.18 Å². The van der Waals surface area contributed by atoms with Crippen LogP contribution in [0.4, 0.5) is 4.39 Å². The van der Waals surface area contributed by atoms with Crippen LogP contribution in [0.1, 0.15) is 25.8 Å². The monoisotopic (exact) mass is 227 g/mol. The number of thiol groups is 1. The molecule has 2 nitrogen and oxygen atoms in total. The molecule has 82 valence electrons.